The average Bonchev–Trinajstić information content (AvgIpc) is 3.16. The second-order valence-corrected chi connectivity index (χ2v) is 6.84. The summed E-state index contributed by atoms with van der Waals surface area (Å²) in [6, 6.07) is 3.77. The number of carbonyl (C=O) groups is 1. The maximum atomic E-state index is 13.7. The number of aromatic nitrogens is 3. The third-order valence-corrected chi connectivity index (χ3v) is 4.96. The van der Waals surface area contributed by atoms with Crippen LogP contribution in [0.2, 0.25) is 0 Å². The Kier molecular flexibility index (Phi) is 4.06. The summed E-state index contributed by atoms with van der Waals surface area (Å²) in [7, 11) is 0. The Hall–Kier alpha value is -3.10. The molecule has 4 rings (SSSR count). The molecule has 9 heteroatoms. The van der Waals surface area contributed by atoms with Gasteiger partial charge in [0.25, 0.3) is 5.91 Å². The number of pyridine rings is 1. The van der Waals surface area contributed by atoms with E-state index in [0.29, 0.717) is 13.0 Å². The Labute approximate surface area is 158 Å². The van der Waals surface area contributed by atoms with Crippen LogP contribution in [0, 0.1) is 13.8 Å². The summed E-state index contributed by atoms with van der Waals surface area (Å²) in [5, 5.41) is 4.43. The van der Waals surface area contributed by atoms with Crippen molar-refractivity contribution in [2.45, 2.75) is 39.4 Å². The van der Waals surface area contributed by atoms with Gasteiger partial charge < -0.3 is 10.2 Å². The molecule has 3 aromatic rings. The summed E-state index contributed by atoms with van der Waals surface area (Å²) < 4.78 is 48.0. The van der Waals surface area contributed by atoms with Crippen LogP contribution in [0.3, 0.4) is 0 Å². The lowest BCUT2D eigenvalue weighted by molar-refractivity contribution is -0.137. The number of carbonyl (C=O) groups excluding carboxylic acids is 1. The van der Waals surface area contributed by atoms with Gasteiger partial charge in [0.15, 0.2) is 0 Å². The molecule has 0 atom stereocenters. The number of halogens is 3. The molecular formula is C19H17F3N4O2. The van der Waals surface area contributed by atoms with Crippen molar-refractivity contribution in [1.82, 2.24) is 14.8 Å². The summed E-state index contributed by atoms with van der Waals surface area (Å²) in [6.45, 7) is 4.07. The van der Waals surface area contributed by atoms with Gasteiger partial charge in [-0.3, -0.25) is 14.5 Å². The molecule has 0 unspecified atom stereocenters. The monoisotopic (exact) mass is 390 g/mol. The molecule has 1 amide bonds. The fourth-order valence-electron chi connectivity index (χ4n) is 3.59. The minimum Gasteiger partial charge on any atom is -0.455 e. The number of alkyl halides is 3. The molecule has 3 heterocycles. The van der Waals surface area contributed by atoms with E-state index in [9.17, 15) is 18.0 Å². The number of primary amides is 1. The topological polar surface area (TPSA) is 86.9 Å². The fourth-order valence-corrected chi connectivity index (χ4v) is 3.59. The Bertz CT molecular complexity index is 1080. The molecule has 0 fully saturated rings. The fraction of sp³-hybridized carbons (Fsp3) is 0.316. The number of nitrogens with two attached hydrogens (primary N) is 1. The highest BCUT2D eigenvalue weighted by molar-refractivity contribution is 5.95. The summed E-state index contributed by atoms with van der Waals surface area (Å²) in [5.41, 5.74) is 7.26. The van der Waals surface area contributed by atoms with Crippen LogP contribution < -0.4 is 5.73 Å². The van der Waals surface area contributed by atoms with Gasteiger partial charge in [-0.05, 0) is 31.9 Å². The van der Waals surface area contributed by atoms with Gasteiger partial charge in [-0.15, -0.1) is 0 Å². The SMILES string of the molecule is Cc1ccc(Cn2nc3c(c2C)CCc2oc(C(N)=O)c(C(F)(F)F)c2-3)cn1. The zero-order valence-electron chi connectivity index (χ0n) is 15.2. The first kappa shape index (κ1) is 18.3. The Morgan fingerprint density at radius 2 is 2.04 bits per heavy atom. The number of rotatable bonds is 3. The van der Waals surface area contributed by atoms with Crippen LogP contribution in [0.15, 0.2) is 22.7 Å². The molecule has 0 saturated heterocycles. The van der Waals surface area contributed by atoms with Gasteiger partial charge in [-0.1, -0.05) is 6.07 Å². The van der Waals surface area contributed by atoms with Gasteiger partial charge in [0.05, 0.1) is 17.8 Å². The van der Waals surface area contributed by atoms with Crippen molar-refractivity contribution >= 4 is 5.91 Å². The van der Waals surface area contributed by atoms with Gasteiger partial charge >= 0.3 is 6.18 Å². The molecule has 28 heavy (non-hydrogen) atoms. The van der Waals surface area contributed by atoms with E-state index in [2.05, 4.69) is 10.1 Å². The third kappa shape index (κ3) is 2.87. The van der Waals surface area contributed by atoms with Crippen molar-refractivity contribution in [3.8, 4) is 11.3 Å². The minimum atomic E-state index is -4.78. The minimum absolute atomic E-state index is 0.0928. The Morgan fingerprint density at radius 1 is 1.29 bits per heavy atom. The van der Waals surface area contributed by atoms with E-state index in [1.54, 1.807) is 10.9 Å². The quantitative estimate of drug-likeness (QED) is 0.742. The first-order valence-electron chi connectivity index (χ1n) is 8.67. The van der Waals surface area contributed by atoms with E-state index in [-0.39, 0.29) is 23.4 Å². The third-order valence-electron chi connectivity index (χ3n) is 4.96. The first-order valence-corrected chi connectivity index (χ1v) is 8.67. The van der Waals surface area contributed by atoms with Crippen molar-refractivity contribution in [3.63, 3.8) is 0 Å². The van der Waals surface area contributed by atoms with Gasteiger partial charge in [0, 0.05) is 29.6 Å². The second kappa shape index (κ2) is 6.22. The van der Waals surface area contributed by atoms with Gasteiger partial charge in [-0.25, -0.2) is 0 Å². The van der Waals surface area contributed by atoms with Crippen molar-refractivity contribution < 1.29 is 22.4 Å². The predicted octanol–water partition coefficient (Wildman–Crippen LogP) is 3.42. The Morgan fingerprint density at radius 3 is 2.64 bits per heavy atom. The van der Waals surface area contributed by atoms with Crippen LogP contribution in [0.25, 0.3) is 11.3 Å². The molecule has 0 aliphatic heterocycles. The predicted molar refractivity (Wildman–Crippen MR) is 93.7 cm³/mol. The highest BCUT2D eigenvalue weighted by atomic mass is 19.4. The summed E-state index contributed by atoms with van der Waals surface area (Å²) in [5.74, 6) is -2.01. The van der Waals surface area contributed by atoms with E-state index < -0.39 is 23.4 Å². The molecule has 0 radical (unpaired) electrons. The number of hydrogen-bond donors (Lipinski definition) is 1. The molecule has 1 aliphatic carbocycles. The highest BCUT2D eigenvalue weighted by Crippen LogP contribution is 2.46. The molecule has 1 aliphatic rings. The molecule has 0 bridgehead atoms. The zero-order chi connectivity index (χ0) is 20.2. The molecule has 6 nitrogen and oxygen atoms in total. The molecule has 0 aromatic carbocycles. The van der Waals surface area contributed by atoms with Crippen LogP contribution in [-0.4, -0.2) is 20.7 Å². The lowest BCUT2D eigenvalue weighted by atomic mass is 9.91. The summed E-state index contributed by atoms with van der Waals surface area (Å²) in [6.07, 6.45) is -2.35. The number of furan rings is 1. The normalized spacial score (nSPS) is 13.3. The number of hydrogen-bond acceptors (Lipinski definition) is 4. The molecule has 146 valence electrons. The van der Waals surface area contributed by atoms with Gasteiger partial charge in [-0.2, -0.15) is 18.3 Å². The maximum Gasteiger partial charge on any atom is 0.420 e. The largest absolute Gasteiger partial charge is 0.455 e. The molecule has 2 N–H and O–H groups in total. The van der Waals surface area contributed by atoms with Crippen LogP contribution in [0.5, 0.6) is 0 Å². The summed E-state index contributed by atoms with van der Waals surface area (Å²) in [4.78, 5) is 15.8. The Balaban J connectivity index is 1.85. The van der Waals surface area contributed by atoms with Crippen molar-refractivity contribution in [2.24, 2.45) is 5.73 Å². The van der Waals surface area contributed by atoms with E-state index in [4.69, 9.17) is 10.2 Å². The van der Waals surface area contributed by atoms with E-state index in [0.717, 1.165) is 22.5 Å². The lowest BCUT2D eigenvalue weighted by Crippen LogP contribution is -2.17. The highest BCUT2D eigenvalue weighted by Gasteiger charge is 2.45. The van der Waals surface area contributed by atoms with Gasteiger partial charge in [0.2, 0.25) is 5.76 Å². The lowest BCUT2D eigenvalue weighted by Gasteiger charge is -2.13. The molecule has 0 spiro atoms. The van der Waals surface area contributed by atoms with E-state index >= 15 is 0 Å². The van der Waals surface area contributed by atoms with Crippen molar-refractivity contribution in [2.75, 3.05) is 0 Å². The standard InChI is InChI=1S/C19H17F3N4O2/c1-9-3-4-11(7-24-9)8-26-10(2)12-5-6-13-14(16(12)25-26)15(19(20,21)22)17(28-13)18(23)27/h3-4,7H,5-6,8H2,1-2H3,(H2,23,27). The number of fused-ring (bicyclic) bond motifs is 3. The zero-order valence-corrected chi connectivity index (χ0v) is 15.2. The van der Waals surface area contributed by atoms with Crippen molar-refractivity contribution in [1.29, 1.82) is 0 Å². The second-order valence-electron chi connectivity index (χ2n) is 6.84. The molecule has 3 aromatic heterocycles. The molecule has 0 saturated carbocycles. The average molecular weight is 390 g/mol. The molecular weight excluding hydrogens is 373 g/mol. The van der Waals surface area contributed by atoms with E-state index in [1.807, 2.05) is 26.0 Å². The number of amides is 1. The van der Waals surface area contributed by atoms with Crippen molar-refractivity contribution in [3.05, 3.63) is 57.9 Å². The van der Waals surface area contributed by atoms with Crippen LogP contribution in [0.1, 0.15) is 44.4 Å². The summed E-state index contributed by atoms with van der Waals surface area (Å²) >= 11 is 0. The smallest absolute Gasteiger partial charge is 0.420 e. The first-order chi connectivity index (χ1) is 13.2. The van der Waals surface area contributed by atoms with Crippen LogP contribution >= 0.6 is 0 Å². The maximum absolute atomic E-state index is 13.7. The van der Waals surface area contributed by atoms with Crippen LogP contribution in [0.4, 0.5) is 13.2 Å². The van der Waals surface area contributed by atoms with Crippen LogP contribution in [-0.2, 0) is 25.6 Å². The van der Waals surface area contributed by atoms with E-state index in [1.165, 1.54) is 0 Å². The van der Waals surface area contributed by atoms with Gasteiger partial charge in [0.1, 0.15) is 11.3 Å². The number of aryl methyl sites for hydroxylation is 2. The number of nitrogens with zero attached hydrogens (tertiary/aromatic N) is 3.